The number of rotatable bonds is 8. The zero-order valence-corrected chi connectivity index (χ0v) is 14.2. The van der Waals surface area contributed by atoms with Crippen LogP contribution in [0.2, 0.25) is 0 Å². The fraction of sp³-hybridized carbons (Fsp3) is 0.444. The summed E-state index contributed by atoms with van der Waals surface area (Å²) < 4.78 is 6.99. The highest BCUT2D eigenvalue weighted by Crippen LogP contribution is 2.19. The van der Waals surface area contributed by atoms with Crippen LogP contribution in [0.25, 0.3) is 11.3 Å². The first-order valence-corrected chi connectivity index (χ1v) is 8.21. The van der Waals surface area contributed by atoms with Gasteiger partial charge in [0, 0.05) is 18.2 Å². The van der Waals surface area contributed by atoms with Crippen LogP contribution in [-0.4, -0.2) is 40.9 Å². The summed E-state index contributed by atoms with van der Waals surface area (Å²) in [6.45, 7) is 10.2. The van der Waals surface area contributed by atoms with Gasteiger partial charge in [0.05, 0.1) is 18.8 Å². The van der Waals surface area contributed by atoms with Crippen LogP contribution in [0.1, 0.15) is 20.8 Å². The molecule has 2 rings (SSSR count). The summed E-state index contributed by atoms with van der Waals surface area (Å²) in [6.07, 6.45) is 0. The molecule has 0 bridgehead atoms. The van der Waals surface area contributed by atoms with E-state index in [4.69, 9.17) is 4.74 Å². The molecule has 0 atom stereocenters. The molecule has 124 valence electrons. The van der Waals surface area contributed by atoms with E-state index >= 15 is 0 Å². The molecule has 0 aliphatic carbocycles. The predicted octanol–water partition coefficient (Wildman–Crippen LogP) is 2.65. The molecule has 1 aromatic heterocycles. The van der Waals surface area contributed by atoms with Gasteiger partial charge in [-0.25, -0.2) is 4.68 Å². The summed E-state index contributed by atoms with van der Waals surface area (Å²) in [4.78, 5) is 14.3. The molecule has 0 radical (unpaired) electrons. The van der Waals surface area contributed by atoms with Gasteiger partial charge in [-0.15, -0.1) is 0 Å². The Morgan fingerprint density at radius 2 is 1.74 bits per heavy atom. The van der Waals surface area contributed by atoms with E-state index in [1.54, 1.807) is 16.8 Å². The van der Waals surface area contributed by atoms with Gasteiger partial charge < -0.3 is 9.64 Å². The maximum atomic E-state index is 12.0. The lowest BCUT2D eigenvalue weighted by Gasteiger charge is -2.18. The fourth-order valence-corrected chi connectivity index (χ4v) is 2.43. The lowest BCUT2D eigenvalue weighted by atomic mass is 10.1. The SMILES string of the molecule is CCOc1ccc(-c2ccc(=O)n(CCN(CC)CC)n2)cc1. The van der Waals surface area contributed by atoms with Crippen molar-refractivity contribution in [3.8, 4) is 17.0 Å². The summed E-state index contributed by atoms with van der Waals surface area (Å²) in [5.41, 5.74) is 1.71. The third-order valence-corrected chi connectivity index (χ3v) is 3.85. The second-order valence-electron chi connectivity index (χ2n) is 5.26. The van der Waals surface area contributed by atoms with Gasteiger partial charge in [-0.1, -0.05) is 13.8 Å². The molecule has 0 unspecified atom stereocenters. The minimum atomic E-state index is -0.0631. The highest BCUT2D eigenvalue weighted by molar-refractivity contribution is 5.59. The van der Waals surface area contributed by atoms with Crippen molar-refractivity contribution < 1.29 is 4.74 Å². The van der Waals surface area contributed by atoms with Gasteiger partial charge in [0.25, 0.3) is 5.56 Å². The van der Waals surface area contributed by atoms with Gasteiger partial charge in [0.2, 0.25) is 0 Å². The summed E-state index contributed by atoms with van der Waals surface area (Å²) in [7, 11) is 0. The van der Waals surface area contributed by atoms with E-state index in [-0.39, 0.29) is 5.56 Å². The van der Waals surface area contributed by atoms with Crippen molar-refractivity contribution in [2.24, 2.45) is 0 Å². The smallest absolute Gasteiger partial charge is 0.266 e. The molecule has 1 heterocycles. The number of ether oxygens (including phenoxy) is 1. The quantitative estimate of drug-likeness (QED) is 0.751. The predicted molar refractivity (Wildman–Crippen MR) is 92.9 cm³/mol. The zero-order chi connectivity index (χ0) is 16.7. The molecule has 1 aromatic carbocycles. The first-order valence-electron chi connectivity index (χ1n) is 8.21. The second kappa shape index (κ2) is 8.48. The van der Waals surface area contributed by atoms with E-state index in [0.29, 0.717) is 13.2 Å². The Bertz CT molecular complexity index is 661. The average Bonchev–Trinajstić information content (AvgIpc) is 2.58. The van der Waals surface area contributed by atoms with Crippen LogP contribution >= 0.6 is 0 Å². The van der Waals surface area contributed by atoms with Crippen molar-refractivity contribution in [1.29, 1.82) is 0 Å². The molecule has 0 N–H and O–H groups in total. The van der Waals surface area contributed by atoms with Crippen molar-refractivity contribution in [2.45, 2.75) is 27.3 Å². The highest BCUT2D eigenvalue weighted by Gasteiger charge is 2.06. The molecular weight excluding hydrogens is 290 g/mol. The largest absolute Gasteiger partial charge is 0.494 e. The Kier molecular flexibility index (Phi) is 6.35. The first kappa shape index (κ1) is 17.2. The maximum Gasteiger partial charge on any atom is 0.266 e. The Balaban J connectivity index is 2.17. The molecule has 0 saturated heterocycles. The van der Waals surface area contributed by atoms with Crippen LogP contribution in [0.4, 0.5) is 0 Å². The van der Waals surface area contributed by atoms with E-state index in [1.807, 2.05) is 31.2 Å². The van der Waals surface area contributed by atoms with Gasteiger partial charge in [-0.2, -0.15) is 5.10 Å². The molecular formula is C18H25N3O2. The third-order valence-electron chi connectivity index (χ3n) is 3.85. The lowest BCUT2D eigenvalue weighted by Crippen LogP contribution is -2.31. The summed E-state index contributed by atoms with van der Waals surface area (Å²) in [5, 5.41) is 4.50. The molecule has 2 aromatic rings. The average molecular weight is 315 g/mol. The Hall–Kier alpha value is -2.14. The van der Waals surface area contributed by atoms with Crippen LogP contribution in [0.3, 0.4) is 0 Å². The topological polar surface area (TPSA) is 47.4 Å². The minimum Gasteiger partial charge on any atom is -0.494 e. The molecule has 0 saturated carbocycles. The monoisotopic (exact) mass is 315 g/mol. The van der Waals surface area contributed by atoms with Crippen LogP contribution in [0.5, 0.6) is 5.75 Å². The van der Waals surface area contributed by atoms with Crippen LogP contribution in [0, 0.1) is 0 Å². The van der Waals surface area contributed by atoms with Crippen molar-refractivity contribution in [3.05, 3.63) is 46.8 Å². The van der Waals surface area contributed by atoms with E-state index in [9.17, 15) is 4.79 Å². The molecule has 5 heteroatoms. The number of likely N-dealkylation sites (N-methyl/N-ethyl adjacent to an activating group) is 1. The van der Waals surface area contributed by atoms with E-state index in [1.165, 1.54) is 0 Å². The van der Waals surface area contributed by atoms with Gasteiger partial charge >= 0.3 is 0 Å². The van der Waals surface area contributed by atoms with Crippen molar-refractivity contribution >= 4 is 0 Å². The summed E-state index contributed by atoms with van der Waals surface area (Å²) in [5.74, 6) is 0.839. The minimum absolute atomic E-state index is 0.0631. The third kappa shape index (κ3) is 4.66. The number of hydrogen-bond acceptors (Lipinski definition) is 4. The molecule has 0 spiro atoms. The first-order chi connectivity index (χ1) is 11.2. The fourth-order valence-electron chi connectivity index (χ4n) is 2.43. The molecule has 0 aliphatic rings. The van der Waals surface area contributed by atoms with Crippen molar-refractivity contribution in [2.75, 3.05) is 26.2 Å². The Morgan fingerprint density at radius 3 is 2.35 bits per heavy atom. The molecule has 0 aliphatic heterocycles. The molecule has 23 heavy (non-hydrogen) atoms. The van der Waals surface area contributed by atoms with Crippen LogP contribution in [0.15, 0.2) is 41.2 Å². The van der Waals surface area contributed by atoms with Gasteiger partial charge in [-0.05, 0) is 50.3 Å². The summed E-state index contributed by atoms with van der Waals surface area (Å²) >= 11 is 0. The van der Waals surface area contributed by atoms with Crippen molar-refractivity contribution in [3.63, 3.8) is 0 Å². The number of hydrogen-bond donors (Lipinski definition) is 0. The standard InChI is InChI=1S/C18H25N3O2/c1-4-20(5-2)13-14-21-18(22)12-11-17(19-21)15-7-9-16(10-8-15)23-6-3/h7-12H,4-6,13-14H2,1-3H3. The number of aromatic nitrogens is 2. The molecule has 5 nitrogen and oxygen atoms in total. The van der Waals surface area contributed by atoms with Crippen LogP contribution < -0.4 is 10.3 Å². The normalized spacial score (nSPS) is 11.0. The van der Waals surface area contributed by atoms with E-state index in [2.05, 4.69) is 23.8 Å². The van der Waals surface area contributed by atoms with E-state index < -0.39 is 0 Å². The lowest BCUT2D eigenvalue weighted by molar-refractivity contribution is 0.283. The Labute approximate surface area is 137 Å². The Morgan fingerprint density at radius 1 is 1.04 bits per heavy atom. The second-order valence-corrected chi connectivity index (χ2v) is 5.26. The van der Waals surface area contributed by atoms with Crippen LogP contribution in [-0.2, 0) is 6.54 Å². The number of benzene rings is 1. The van der Waals surface area contributed by atoms with Gasteiger partial charge in [0.1, 0.15) is 5.75 Å². The highest BCUT2D eigenvalue weighted by atomic mass is 16.5. The van der Waals surface area contributed by atoms with Gasteiger partial charge in [0.15, 0.2) is 0 Å². The van der Waals surface area contributed by atoms with E-state index in [0.717, 1.165) is 36.6 Å². The molecule has 0 amide bonds. The number of nitrogens with zero attached hydrogens (tertiary/aromatic N) is 3. The van der Waals surface area contributed by atoms with Crippen molar-refractivity contribution in [1.82, 2.24) is 14.7 Å². The summed E-state index contributed by atoms with van der Waals surface area (Å²) in [6, 6.07) is 11.1. The van der Waals surface area contributed by atoms with Gasteiger partial charge in [-0.3, -0.25) is 4.79 Å². The maximum absolute atomic E-state index is 12.0. The molecule has 0 fully saturated rings. The zero-order valence-electron chi connectivity index (χ0n) is 14.2.